The number of pyridine rings is 1. The molecule has 1 atom stereocenters. The third kappa shape index (κ3) is 3.26. The summed E-state index contributed by atoms with van der Waals surface area (Å²) in [7, 11) is 0. The van der Waals surface area contributed by atoms with Crippen molar-refractivity contribution < 1.29 is 13.6 Å². The van der Waals surface area contributed by atoms with Gasteiger partial charge in [0.05, 0.1) is 5.92 Å². The first-order valence-corrected chi connectivity index (χ1v) is 9.33. The summed E-state index contributed by atoms with van der Waals surface area (Å²) >= 11 is 1.66. The number of nitrogens with one attached hydrogen (secondary N) is 1. The van der Waals surface area contributed by atoms with Crippen molar-refractivity contribution in [1.82, 2.24) is 4.98 Å². The third-order valence-electron chi connectivity index (χ3n) is 4.64. The molecule has 4 nitrogen and oxygen atoms in total. The monoisotopic (exact) mass is 373 g/mol. The van der Waals surface area contributed by atoms with Crippen LogP contribution in [0.25, 0.3) is 10.1 Å². The Morgan fingerprint density at radius 2 is 2.12 bits per heavy atom. The van der Waals surface area contributed by atoms with E-state index in [0.29, 0.717) is 6.54 Å². The van der Waals surface area contributed by atoms with Crippen LogP contribution in [0.2, 0.25) is 0 Å². The van der Waals surface area contributed by atoms with Crippen molar-refractivity contribution in [2.24, 2.45) is 5.92 Å². The van der Waals surface area contributed by atoms with Crippen molar-refractivity contribution in [3.63, 3.8) is 0 Å². The Morgan fingerprint density at radius 3 is 2.96 bits per heavy atom. The number of carbonyl (C=O) groups excluding carboxylic acids is 1. The molecule has 1 fully saturated rings. The Morgan fingerprint density at radius 1 is 1.23 bits per heavy atom. The van der Waals surface area contributed by atoms with E-state index in [-0.39, 0.29) is 17.5 Å². The van der Waals surface area contributed by atoms with E-state index in [1.165, 1.54) is 10.8 Å². The van der Waals surface area contributed by atoms with Crippen LogP contribution in [0.1, 0.15) is 12.8 Å². The molecule has 3 heterocycles. The molecule has 0 aliphatic carbocycles. The molecule has 0 radical (unpaired) electrons. The Bertz CT molecular complexity index is 959. The molecular formula is C19H17F2N3OS. The minimum absolute atomic E-state index is 0.182. The van der Waals surface area contributed by atoms with Gasteiger partial charge in [-0.15, -0.1) is 11.3 Å². The SMILES string of the molecule is O=C(Nc1ccc(F)c(F)c1)C1CCCN(c2nccc3sccc23)C1. The number of thiophene rings is 1. The Labute approximate surface area is 153 Å². The lowest BCUT2D eigenvalue weighted by Crippen LogP contribution is -2.41. The highest BCUT2D eigenvalue weighted by Crippen LogP contribution is 2.31. The van der Waals surface area contributed by atoms with Crippen LogP contribution in [0.15, 0.2) is 41.9 Å². The molecule has 134 valence electrons. The first-order valence-electron chi connectivity index (χ1n) is 8.45. The van der Waals surface area contributed by atoms with Crippen LogP contribution in [0.4, 0.5) is 20.3 Å². The second-order valence-electron chi connectivity index (χ2n) is 6.37. The Kier molecular flexibility index (Phi) is 4.55. The van der Waals surface area contributed by atoms with Gasteiger partial charge in [-0.2, -0.15) is 0 Å². The zero-order valence-corrected chi connectivity index (χ0v) is 14.7. The molecule has 2 aromatic heterocycles. The number of amides is 1. The largest absolute Gasteiger partial charge is 0.355 e. The zero-order valence-electron chi connectivity index (χ0n) is 13.9. The second kappa shape index (κ2) is 6.99. The van der Waals surface area contributed by atoms with Crippen LogP contribution >= 0.6 is 11.3 Å². The molecule has 1 aromatic carbocycles. The smallest absolute Gasteiger partial charge is 0.229 e. The maximum atomic E-state index is 13.3. The van der Waals surface area contributed by atoms with Crippen molar-refractivity contribution in [1.29, 1.82) is 0 Å². The van der Waals surface area contributed by atoms with Crippen molar-refractivity contribution in [3.8, 4) is 0 Å². The lowest BCUT2D eigenvalue weighted by molar-refractivity contribution is -0.120. The summed E-state index contributed by atoms with van der Waals surface area (Å²) in [5.41, 5.74) is 0.268. The van der Waals surface area contributed by atoms with E-state index in [4.69, 9.17) is 0 Å². The van der Waals surface area contributed by atoms with Crippen LogP contribution in [0, 0.1) is 17.6 Å². The maximum absolute atomic E-state index is 13.3. The van der Waals surface area contributed by atoms with Gasteiger partial charge in [0.15, 0.2) is 11.6 Å². The van der Waals surface area contributed by atoms with Gasteiger partial charge in [-0.1, -0.05) is 0 Å². The molecule has 1 saturated heterocycles. The molecule has 0 spiro atoms. The molecule has 7 heteroatoms. The molecule has 1 N–H and O–H groups in total. The topological polar surface area (TPSA) is 45.2 Å². The fourth-order valence-electron chi connectivity index (χ4n) is 3.33. The third-order valence-corrected chi connectivity index (χ3v) is 5.52. The van der Waals surface area contributed by atoms with E-state index in [1.54, 1.807) is 17.5 Å². The molecule has 1 aliphatic heterocycles. The van der Waals surface area contributed by atoms with Crippen LogP contribution < -0.4 is 10.2 Å². The molecule has 1 amide bonds. The minimum atomic E-state index is -0.971. The van der Waals surface area contributed by atoms with Crippen molar-refractivity contribution in [2.45, 2.75) is 12.8 Å². The highest BCUT2D eigenvalue weighted by atomic mass is 32.1. The van der Waals surface area contributed by atoms with Crippen LogP contribution in [0.5, 0.6) is 0 Å². The normalized spacial score (nSPS) is 17.5. The van der Waals surface area contributed by atoms with Gasteiger partial charge in [0.1, 0.15) is 5.82 Å². The summed E-state index contributed by atoms with van der Waals surface area (Å²) in [6.07, 6.45) is 3.42. The molecule has 1 unspecified atom stereocenters. The Balaban J connectivity index is 1.50. The van der Waals surface area contributed by atoms with Gasteiger partial charge >= 0.3 is 0 Å². The van der Waals surface area contributed by atoms with E-state index < -0.39 is 11.6 Å². The van der Waals surface area contributed by atoms with Gasteiger partial charge in [0.25, 0.3) is 0 Å². The number of piperidine rings is 1. The summed E-state index contributed by atoms with van der Waals surface area (Å²) in [6.45, 7) is 1.40. The summed E-state index contributed by atoms with van der Waals surface area (Å²) < 4.78 is 27.5. The molecule has 0 bridgehead atoms. The van der Waals surface area contributed by atoms with E-state index >= 15 is 0 Å². The van der Waals surface area contributed by atoms with E-state index in [1.807, 2.05) is 17.5 Å². The second-order valence-corrected chi connectivity index (χ2v) is 7.32. The highest BCUT2D eigenvalue weighted by molar-refractivity contribution is 7.17. The quantitative estimate of drug-likeness (QED) is 0.739. The molecule has 1 aliphatic rings. The fraction of sp³-hybridized carbons (Fsp3) is 0.263. The average Bonchev–Trinajstić information content (AvgIpc) is 3.13. The molecule has 26 heavy (non-hydrogen) atoms. The average molecular weight is 373 g/mol. The number of halogens is 2. The number of anilines is 2. The number of carbonyl (C=O) groups is 1. The predicted octanol–water partition coefficient (Wildman–Crippen LogP) is 4.43. The summed E-state index contributed by atoms with van der Waals surface area (Å²) in [5, 5.41) is 5.82. The number of hydrogen-bond acceptors (Lipinski definition) is 4. The number of nitrogens with zero attached hydrogens (tertiary/aromatic N) is 2. The lowest BCUT2D eigenvalue weighted by Gasteiger charge is -2.33. The van der Waals surface area contributed by atoms with E-state index in [0.717, 1.165) is 42.7 Å². The van der Waals surface area contributed by atoms with Crippen LogP contribution in [-0.4, -0.2) is 24.0 Å². The van der Waals surface area contributed by atoms with Gasteiger partial charge in [-0.25, -0.2) is 13.8 Å². The van der Waals surface area contributed by atoms with Gasteiger partial charge in [-0.3, -0.25) is 4.79 Å². The minimum Gasteiger partial charge on any atom is -0.355 e. The molecule has 4 rings (SSSR count). The molecule has 3 aromatic rings. The van der Waals surface area contributed by atoms with Gasteiger partial charge < -0.3 is 10.2 Å². The summed E-state index contributed by atoms with van der Waals surface area (Å²) in [6, 6.07) is 7.42. The summed E-state index contributed by atoms with van der Waals surface area (Å²) in [4.78, 5) is 19.2. The van der Waals surface area contributed by atoms with E-state index in [2.05, 4.69) is 15.2 Å². The number of hydrogen-bond donors (Lipinski definition) is 1. The highest BCUT2D eigenvalue weighted by Gasteiger charge is 2.27. The van der Waals surface area contributed by atoms with Crippen molar-refractivity contribution >= 4 is 38.8 Å². The lowest BCUT2D eigenvalue weighted by atomic mass is 9.96. The standard InChI is InChI=1S/C19H17F2N3OS/c20-15-4-3-13(10-16(15)21)23-19(25)12-2-1-8-24(11-12)18-14-6-9-26-17(14)5-7-22-18/h3-7,9-10,12H,1-2,8,11H2,(H,23,25). The van der Waals surface area contributed by atoms with Crippen LogP contribution in [0.3, 0.4) is 0 Å². The predicted molar refractivity (Wildman–Crippen MR) is 99.5 cm³/mol. The van der Waals surface area contributed by atoms with E-state index in [9.17, 15) is 13.6 Å². The Hall–Kier alpha value is -2.54. The molecule has 0 saturated carbocycles. The summed E-state index contributed by atoms with van der Waals surface area (Å²) in [5.74, 6) is -1.41. The van der Waals surface area contributed by atoms with Gasteiger partial charge in [0, 0.05) is 41.1 Å². The van der Waals surface area contributed by atoms with Gasteiger partial charge in [0.2, 0.25) is 5.91 Å². The van der Waals surface area contributed by atoms with Crippen molar-refractivity contribution in [2.75, 3.05) is 23.3 Å². The fourth-order valence-corrected chi connectivity index (χ4v) is 4.11. The zero-order chi connectivity index (χ0) is 18.1. The maximum Gasteiger partial charge on any atom is 0.229 e. The van der Waals surface area contributed by atoms with Crippen LogP contribution in [-0.2, 0) is 4.79 Å². The number of fused-ring (bicyclic) bond motifs is 1. The first-order chi connectivity index (χ1) is 12.6. The van der Waals surface area contributed by atoms with Gasteiger partial charge in [-0.05, 0) is 42.5 Å². The number of rotatable bonds is 3. The number of aromatic nitrogens is 1. The van der Waals surface area contributed by atoms with Crippen molar-refractivity contribution in [3.05, 3.63) is 53.5 Å². The molecular weight excluding hydrogens is 356 g/mol. The first kappa shape index (κ1) is 16.9. The number of benzene rings is 1.